The van der Waals surface area contributed by atoms with Gasteiger partial charge in [-0.2, -0.15) is 5.10 Å². The van der Waals surface area contributed by atoms with Crippen molar-refractivity contribution in [1.82, 2.24) is 9.78 Å². The Hall–Kier alpha value is -1.86. The van der Waals surface area contributed by atoms with Crippen LogP contribution in [0, 0.1) is 5.92 Å². The second kappa shape index (κ2) is 6.50. The zero-order chi connectivity index (χ0) is 16.3. The molecule has 2 aromatic rings. The number of anilines is 1. The Kier molecular flexibility index (Phi) is 4.87. The van der Waals surface area contributed by atoms with E-state index in [4.69, 9.17) is 5.14 Å². The minimum Gasteiger partial charge on any atom is -0.376 e. The third-order valence-electron chi connectivity index (χ3n) is 3.28. The van der Waals surface area contributed by atoms with Crippen molar-refractivity contribution >= 4 is 15.7 Å². The van der Waals surface area contributed by atoms with Gasteiger partial charge in [0.2, 0.25) is 10.0 Å². The lowest BCUT2D eigenvalue weighted by Gasteiger charge is -2.14. The predicted molar refractivity (Wildman–Crippen MR) is 86.9 cm³/mol. The zero-order valence-corrected chi connectivity index (χ0v) is 13.8. The fourth-order valence-electron chi connectivity index (χ4n) is 2.19. The highest BCUT2D eigenvalue weighted by Crippen LogP contribution is 2.20. The molecule has 1 aromatic carbocycles. The summed E-state index contributed by atoms with van der Waals surface area (Å²) in [6.07, 6.45) is 3.76. The lowest BCUT2D eigenvalue weighted by molar-refractivity contribution is 0.483. The first-order chi connectivity index (χ1) is 10.3. The van der Waals surface area contributed by atoms with Crippen LogP contribution in [0.1, 0.15) is 32.4 Å². The highest BCUT2D eigenvalue weighted by Gasteiger charge is 2.10. The smallest absolute Gasteiger partial charge is 0.238 e. The number of hydrogen-bond donors (Lipinski definition) is 2. The van der Waals surface area contributed by atoms with E-state index in [2.05, 4.69) is 24.3 Å². The molecule has 22 heavy (non-hydrogen) atoms. The van der Waals surface area contributed by atoms with Crippen molar-refractivity contribution in [1.29, 1.82) is 0 Å². The summed E-state index contributed by atoms with van der Waals surface area (Å²) in [5.74, 6) is 0.538. The number of hydrogen-bond acceptors (Lipinski definition) is 4. The number of sulfonamides is 1. The van der Waals surface area contributed by atoms with Crippen molar-refractivity contribution in [3.63, 3.8) is 0 Å². The zero-order valence-electron chi connectivity index (χ0n) is 13.0. The van der Waals surface area contributed by atoms with Crippen LogP contribution in [-0.4, -0.2) is 18.2 Å². The van der Waals surface area contributed by atoms with Crippen LogP contribution < -0.4 is 10.5 Å². The van der Waals surface area contributed by atoms with Gasteiger partial charge in [0.25, 0.3) is 0 Å². The Balaban J connectivity index is 2.05. The molecule has 0 aliphatic carbocycles. The molecule has 0 saturated heterocycles. The molecule has 0 aliphatic heterocycles. The molecule has 0 radical (unpaired) electrons. The van der Waals surface area contributed by atoms with Crippen LogP contribution in [0.3, 0.4) is 0 Å². The largest absolute Gasteiger partial charge is 0.376 e. The third-order valence-corrected chi connectivity index (χ3v) is 4.21. The average molecular weight is 322 g/mol. The van der Waals surface area contributed by atoms with E-state index in [0.717, 1.165) is 17.8 Å². The minimum absolute atomic E-state index is 0.0335. The Bertz CT molecular complexity index is 720. The Morgan fingerprint density at radius 3 is 2.41 bits per heavy atom. The quantitative estimate of drug-likeness (QED) is 0.854. The highest BCUT2D eigenvalue weighted by atomic mass is 32.2. The van der Waals surface area contributed by atoms with Crippen LogP contribution >= 0.6 is 0 Å². The fraction of sp³-hybridized carbons (Fsp3) is 0.400. The van der Waals surface area contributed by atoms with E-state index in [9.17, 15) is 8.42 Å². The molecule has 0 fully saturated rings. The molecule has 1 atom stereocenters. The molecule has 1 heterocycles. The summed E-state index contributed by atoms with van der Waals surface area (Å²) in [4.78, 5) is 0.119. The summed E-state index contributed by atoms with van der Waals surface area (Å²) in [6, 6.07) is 6.59. The number of nitrogens with zero attached hydrogens (tertiary/aromatic N) is 2. The van der Waals surface area contributed by atoms with Gasteiger partial charge in [-0.15, -0.1) is 0 Å². The molecule has 0 amide bonds. The van der Waals surface area contributed by atoms with E-state index in [-0.39, 0.29) is 10.9 Å². The summed E-state index contributed by atoms with van der Waals surface area (Å²) in [6.45, 7) is 7.17. The summed E-state index contributed by atoms with van der Waals surface area (Å²) in [7, 11) is -3.65. The molecule has 1 aromatic heterocycles. The maximum absolute atomic E-state index is 11.2. The number of benzene rings is 1. The van der Waals surface area contributed by atoms with Gasteiger partial charge in [-0.05, 0) is 30.5 Å². The molecule has 0 saturated carbocycles. The third kappa shape index (κ3) is 4.32. The van der Waals surface area contributed by atoms with Gasteiger partial charge in [-0.25, -0.2) is 13.6 Å². The van der Waals surface area contributed by atoms with Crippen LogP contribution in [-0.2, 0) is 16.6 Å². The highest BCUT2D eigenvalue weighted by molar-refractivity contribution is 7.89. The normalized spacial score (nSPS) is 13.3. The number of aromatic nitrogens is 2. The minimum atomic E-state index is -3.65. The first kappa shape index (κ1) is 16.5. The second-order valence-corrected chi connectivity index (χ2v) is 7.39. The molecular formula is C15H22N4O2S. The molecule has 0 unspecified atom stereocenters. The van der Waals surface area contributed by atoms with Gasteiger partial charge >= 0.3 is 0 Å². The molecule has 0 spiro atoms. The maximum atomic E-state index is 11.2. The van der Waals surface area contributed by atoms with E-state index < -0.39 is 10.0 Å². The Morgan fingerprint density at radius 1 is 1.23 bits per heavy atom. The summed E-state index contributed by atoms with van der Waals surface area (Å²) < 4.78 is 24.4. The standard InChI is InChI=1S/C15H22N4O2S/c1-11(2)9-19-10-14(8-17-19)18-12(3)13-4-6-15(7-5-13)22(16,20)21/h4-8,10-12,18H,9H2,1-3H3,(H2,16,20,21)/t12-/m0/s1. The van der Waals surface area contributed by atoms with Crippen LogP contribution in [0.4, 0.5) is 5.69 Å². The SMILES string of the molecule is CC(C)Cn1cc(N[C@@H](C)c2ccc(S(N)(=O)=O)cc2)cn1. The monoisotopic (exact) mass is 322 g/mol. The molecule has 2 rings (SSSR count). The van der Waals surface area contributed by atoms with Gasteiger partial charge < -0.3 is 5.32 Å². The molecule has 7 heteroatoms. The van der Waals surface area contributed by atoms with Crippen molar-refractivity contribution < 1.29 is 8.42 Å². The molecule has 0 aliphatic rings. The number of primary sulfonamides is 1. The lowest BCUT2D eigenvalue weighted by Crippen LogP contribution is -2.12. The summed E-state index contributed by atoms with van der Waals surface area (Å²) >= 11 is 0. The number of nitrogens with two attached hydrogens (primary N) is 1. The van der Waals surface area contributed by atoms with Gasteiger partial charge in [0.1, 0.15) is 0 Å². The number of nitrogens with one attached hydrogen (secondary N) is 1. The van der Waals surface area contributed by atoms with E-state index in [1.165, 1.54) is 12.1 Å². The van der Waals surface area contributed by atoms with Gasteiger partial charge in [0.05, 0.1) is 16.8 Å². The predicted octanol–water partition coefficient (Wildman–Crippen LogP) is 2.36. The van der Waals surface area contributed by atoms with Crippen molar-refractivity contribution in [2.24, 2.45) is 11.1 Å². The number of rotatable bonds is 6. The molecule has 6 nitrogen and oxygen atoms in total. The molecular weight excluding hydrogens is 300 g/mol. The van der Waals surface area contributed by atoms with Crippen molar-refractivity contribution in [3.05, 3.63) is 42.2 Å². The van der Waals surface area contributed by atoms with E-state index in [1.807, 2.05) is 17.8 Å². The summed E-state index contributed by atoms with van der Waals surface area (Å²) in [5.41, 5.74) is 1.91. The average Bonchev–Trinajstić information content (AvgIpc) is 2.84. The van der Waals surface area contributed by atoms with Crippen molar-refractivity contribution in [2.45, 2.75) is 38.3 Å². The van der Waals surface area contributed by atoms with E-state index in [0.29, 0.717) is 5.92 Å². The van der Waals surface area contributed by atoms with Gasteiger partial charge in [0.15, 0.2) is 0 Å². The van der Waals surface area contributed by atoms with Crippen LogP contribution in [0.15, 0.2) is 41.6 Å². The first-order valence-electron chi connectivity index (χ1n) is 7.17. The van der Waals surface area contributed by atoms with E-state index >= 15 is 0 Å². The second-order valence-electron chi connectivity index (χ2n) is 5.82. The van der Waals surface area contributed by atoms with Crippen molar-refractivity contribution in [2.75, 3.05) is 5.32 Å². The lowest BCUT2D eigenvalue weighted by atomic mass is 10.1. The maximum Gasteiger partial charge on any atom is 0.238 e. The Labute approximate surface area is 131 Å². The first-order valence-corrected chi connectivity index (χ1v) is 8.72. The van der Waals surface area contributed by atoms with Crippen LogP contribution in [0.5, 0.6) is 0 Å². The van der Waals surface area contributed by atoms with Crippen molar-refractivity contribution in [3.8, 4) is 0 Å². The van der Waals surface area contributed by atoms with Crippen LogP contribution in [0.2, 0.25) is 0 Å². The fourth-order valence-corrected chi connectivity index (χ4v) is 2.71. The van der Waals surface area contributed by atoms with Gasteiger partial charge in [-0.1, -0.05) is 26.0 Å². The van der Waals surface area contributed by atoms with Gasteiger partial charge in [-0.3, -0.25) is 4.68 Å². The molecule has 3 N–H and O–H groups in total. The molecule has 120 valence electrons. The Morgan fingerprint density at radius 2 is 1.86 bits per heavy atom. The van der Waals surface area contributed by atoms with Crippen LogP contribution in [0.25, 0.3) is 0 Å². The topological polar surface area (TPSA) is 90.0 Å². The summed E-state index contributed by atoms with van der Waals surface area (Å²) in [5, 5.41) is 12.7. The van der Waals surface area contributed by atoms with E-state index in [1.54, 1.807) is 18.3 Å². The van der Waals surface area contributed by atoms with Gasteiger partial charge in [0, 0.05) is 18.8 Å². The molecule has 0 bridgehead atoms.